The highest BCUT2D eigenvalue weighted by molar-refractivity contribution is 4.84. The summed E-state index contributed by atoms with van der Waals surface area (Å²) in [5.41, 5.74) is 0. The van der Waals surface area contributed by atoms with Gasteiger partial charge >= 0.3 is 0 Å². The lowest BCUT2D eigenvalue weighted by Gasteiger charge is -2.07. The molecule has 0 saturated heterocycles. The topological polar surface area (TPSA) is 8.81 Å². The van der Waals surface area contributed by atoms with Crippen molar-refractivity contribution in [1.82, 2.24) is 4.57 Å². The van der Waals surface area contributed by atoms with Crippen LogP contribution in [0.15, 0.2) is 12.4 Å². The summed E-state index contributed by atoms with van der Waals surface area (Å²) in [5, 5.41) is 0. The first-order valence-electron chi connectivity index (χ1n) is 18.4. The molecule has 0 atom stereocenters. The number of aromatic nitrogens is 2. The Balaban J connectivity index is 2.29. The summed E-state index contributed by atoms with van der Waals surface area (Å²) in [5.74, 6) is 1.62. The molecule has 0 fully saturated rings. The maximum absolute atomic E-state index is 2.63. The average Bonchev–Trinajstić information content (AvgIpc) is 3.33. The maximum atomic E-state index is 2.63. The van der Waals surface area contributed by atoms with Crippen molar-refractivity contribution in [2.24, 2.45) is 0 Å². The highest BCUT2D eigenvalue weighted by Gasteiger charge is 2.16. The number of aryl methyl sites for hydroxylation is 2. The molecule has 0 radical (unpaired) electrons. The second kappa shape index (κ2) is 28.7. The fraction of sp³-hybridized carbons (Fsp3) is 0.919. The summed E-state index contributed by atoms with van der Waals surface area (Å²) in [7, 11) is 0. The quantitative estimate of drug-likeness (QED) is 0.0648. The van der Waals surface area contributed by atoms with Gasteiger partial charge in [0, 0.05) is 6.42 Å². The van der Waals surface area contributed by atoms with Crippen LogP contribution in [-0.2, 0) is 19.5 Å². The molecule has 0 N–H and O–H groups in total. The van der Waals surface area contributed by atoms with Crippen LogP contribution in [-0.4, -0.2) is 4.57 Å². The molecule has 0 aromatic carbocycles. The van der Waals surface area contributed by atoms with Crippen molar-refractivity contribution in [3.05, 3.63) is 18.2 Å². The summed E-state index contributed by atoms with van der Waals surface area (Å²) < 4.78 is 5.25. The number of imidazole rings is 1. The van der Waals surface area contributed by atoms with Crippen molar-refractivity contribution < 1.29 is 4.57 Å². The summed E-state index contributed by atoms with van der Waals surface area (Å²) in [6.45, 7) is 9.39. The predicted octanol–water partition coefficient (Wildman–Crippen LogP) is 12.3. The summed E-state index contributed by atoms with van der Waals surface area (Å²) in [6, 6.07) is 0. The lowest BCUT2D eigenvalue weighted by atomic mass is 10.1. The van der Waals surface area contributed by atoms with Gasteiger partial charge in [0.2, 0.25) is 0 Å². The second-order valence-electron chi connectivity index (χ2n) is 12.7. The molecule has 1 aromatic rings. The van der Waals surface area contributed by atoms with E-state index in [2.05, 4.69) is 42.3 Å². The predicted molar refractivity (Wildman–Crippen MR) is 175 cm³/mol. The molecule has 0 saturated carbocycles. The van der Waals surface area contributed by atoms with Crippen LogP contribution in [0.4, 0.5) is 0 Å². The van der Waals surface area contributed by atoms with E-state index in [0.717, 1.165) is 0 Å². The van der Waals surface area contributed by atoms with Gasteiger partial charge in [-0.2, -0.15) is 0 Å². The largest absolute Gasteiger partial charge is 0.256 e. The number of hydrogen-bond donors (Lipinski definition) is 0. The third-order valence-electron chi connectivity index (χ3n) is 8.85. The Morgan fingerprint density at radius 3 is 1.23 bits per heavy atom. The van der Waals surface area contributed by atoms with E-state index in [4.69, 9.17) is 0 Å². The Morgan fingerprint density at radius 1 is 0.436 bits per heavy atom. The van der Waals surface area contributed by atoms with Crippen molar-refractivity contribution in [3.63, 3.8) is 0 Å². The summed E-state index contributed by atoms with van der Waals surface area (Å²) >= 11 is 0. The van der Waals surface area contributed by atoms with Crippen molar-refractivity contribution in [2.75, 3.05) is 0 Å². The van der Waals surface area contributed by atoms with E-state index in [0.29, 0.717) is 0 Å². The van der Waals surface area contributed by atoms with E-state index in [1.54, 1.807) is 5.82 Å². The minimum atomic E-state index is 1.23. The van der Waals surface area contributed by atoms with Gasteiger partial charge in [-0.15, -0.1) is 0 Å². The van der Waals surface area contributed by atoms with Gasteiger partial charge in [0.15, 0.2) is 0 Å². The minimum Gasteiger partial charge on any atom is -0.234 e. The van der Waals surface area contributed by atoms with E-state index in [9.17, 15) is 0 Å². The van der Waals surface area contributed by atoms with Crippen LogP contribution >= 0.6 is 0 Å². The van der Waals surface area contributed by atoms with Crippen LogP contribution in [0.1, 0.15) is 206 Å². The number of nitrogens with zero attached hydrogens (tertiary/aromatic N) is 2. The Morgan fingerprint density at radius 2 is 0.795 bits per heavy atom. The SMILES string of the molecule is CCCCCCCCCCCCCC[n+]1ccn(CCCCCCCC)c1CCCCCCCCCCCC. The molecule has 0 amide bonds. The standard InChI is InChI=1S/C37H73N2/c1-4-7-10-13-16-18-20-21-23-25-28-31-34-39-36-35-38(33-30-27-15-12-9-6-3)37(39)32-29-26-24-22-19-17-14-11-8-5-2/h35-36H,4-34H2,1-3H3/q+1. The lowest BCUT2D eigenvalue weighted by Crippen LogP contribution is -2.37. The third kappa shape index (κ3) is 21.6. The molecule has 0 bridgehead atoms. The van der Waals surface area contributed by atoms with Gasteiger partial charge in [-0.05, 0) is 32.1 Å². The Kier molecular flexibility index (Phi) is 26.7. The summed E-state index contributed by atoms with van der Waals surface area (Å²) in [6.07, 6.45) is 45.9. The zero-order valence-corrected chi connectivity index (χ0v) is 27.5. The molecule has 0 unspecified atom stereocenters. The molecule has 0 spiro atoms. The van der Waals surface area contributed by atoms with Gasteiger partial charge in [0.1, 0.15) is 12.4 Å². The zero-order chi connectivity index (χ0) is 28.1. The van der Waals surface area contributed by atoms with Crippen LogP contribution in [0.3, 0.4) is 0 Å². The average molecular weight is 546 g/mol. The van der Waals surface area contributed by atoms with E-state index in [1.807, 2.05) is 0 Å². The molecule has 0 aliphatic rings. The summed E-state index contributed by atoms with van der Waals surface area (Å²) in [4.78, 5) is 0. The normalized spacial score (nSPS) is 11.6. The van der Waals surface area contributed by atoms with Gasteiger partial charge in [-0.1, -0.05) is 168 Å². The van der Waals surface area contributed by atoms with E-state index >= 15 is 0 Å². The third-order valence-corrected chi connectivity index (χ3v) is 8.85. The second-order valence-corrected chi connectivity index (χ2v) is 12.7. The lowest BCUT2D eigenvalue weighted by molar-refractivity contribution is -0.704. The van der Waals surface area contributed by atoms with E-state index in [-0.39, 0.29) is 0 Å². The highest BCUT2D eigenvalue weighted by Crippen LogP contribution is 2.14. The Hall–Kier alpha value is -0.790. The van der Waals surface area contributed by atoms with Gasteiger partial charge in [0.25, 0.3) is 5.82 Å². The molecule has 2 heteroatoms. The molecular formula is C37H73N2+. The first kappa shape index (κ1) is 36.2. The van der Waals surface area contributed by atoms with E-state index < -0.39 is 0 Å². The fourth-order valence-electron chi connectivity index (χ4n) is 6.15. The molecule has 1 rings (SSSR count). The van der Waals surface area contributed by atoms with Gasteiger partial charge in [-0.3, -0.25) is 0 Å². The molecule has 0 aliphatic carbocycles. The Labute approximate surface area is 247 Å². The van der Waals surface area contributed by atoms with Crippen molar-refractivity contribution in [1.29, 1.82) is 0 Å². The Bertz CT molecular complexity index is 605. The van der Waals surface area contributed by atoms with Crippen LogP contribution in [0, 0.1) is 0 Å². The van der Waals surface area contributed by atoms with Crippen LogP contribution in [0.5, 0.6) is 0 Å². The molecule has 230 valence electrons. The molecular weight excluding hydrogens is 472 g/mol. The maximum Gasteiger partial charge on any atom is 0.256 e. The van der Waals surface area contributed by atoms with Crippen LogP contribution in [0.25, 0.3) is 0 Å². The highest BCUT2D eigenvalue weighted by atomic mass is 15.1. The van der Waals surface area contributed by atoms with E-state index in [1.165, 1.54) is 199 Å². The smallest absolute Gasteiger partial charge is 0.234 e. The van der Waals surface area contributed by atoms with Gasteiger partial charge < -0.3 is 0 Å². The molecule has 39 heavy (non-hydrogen) atoms. The molecule has 1 aromatic heterocycles. The van der Waals surface area contributed by atoms with Gasteiger partial charge in [-0.25, -0.2) is 9.13 Å². The molecule has 0 aliphatic heterocycles. The first-order valence-corrected chi connectivity index (χ1v) is 18.4. The number of unbranched alkanes of at least 4 members (excludes halogenated alkanes) is 25. The first-order chi connectivity index (χ1) is 19.3. The minimum absolute atomic E-state index is 1.23. The number of hydrogen-bond acceptors (Lipinski definition) is 0. The van der Waals surface area contributed by atoms with Crippen molar-refractivity contribution in [3.8, 4) is 0 Å². The molecule has 2 nitrogen and oxygen atoms in total. The number of rotatable bonds is 31. The zero-order valence-electron chi connectivity index (χ0n) is 27.5. The van der Waals surface area contributed by atoms with Gasteiger partial charge in [0.05, 0.1) is 13.1 Å². The van der Waals surface area contributed by atoms with Crippen molar-refractivity contribution in [2.45, 2.75) is 220 Å². The van der Waals surface area contributed by atoms with Crippen molar-refractivity contribution >= 4 is 0 Å². The fourth-order valence-corrected chi connectivity index (χ4v) is 6.15. The van der Waals surface area contributed by atoms with Crippen LogP contribution < -0.4 is 4.57 Å². The van der Waals surface area contributed by atoms with Crippen LogP contribution in [0.2, 0.25) is 0 Å². The monoisotopic (exact) mass is 546 g/mol. The molecule has 1 heterocycles.